The van der Waals surface area contributed by atoms with Crippen LogP contribution < -0.4 is 15.6 Å². The topological polar surface area (TPSA) is 89.9 Å². The second-order valence-corrected chi connectivity index (χ2v) is 13.5. The number of esters is 1. The molecule has 8 nitrogen and oxygen atoms in total. The lowest BCUT2D eigenvalue weighted by Gasteiger charge is -2.34. The first kappa shape index (κ1) is 37.6. The summed E-state index contributed by atoms with van der Waals surface area (Å²) < 4.78 is 101. The Morgan fingerprint density at radius 1 is 0.981 bits per heavy atom. The second kappa shape index (κ2) is 14.7. The number of amides is 1. The first-order valence-electron chi connectivity index (χ1n) is 17.1. The number of nitrogens with one attached hydrogen (secondary N) is 1. The van der Waals surface area contributed by atoms with E-state index >= 15 is 8.78 Å². The number of aromatic nitrogens is 1. The Hall–Kier alpha value is -5.11. The van der Waals surface area contributed by atoms with Crippen molar-refractivity contribution in [3.63, 3.8) is 0 Å². The molecule has 0 aliphatic carbocycles. The van der Waals surface area contributed by atoms with Gasteiger partial charge in [0.05, 0.1) is 24.6 Å². The summed E-state index contributed by atoms with van der Waals surface area (Å²) in [6.07, 6.45) is -6.08. The van der Waals surface area contributed by atoms with Crippen molar-refractivity contribution in [3.8, 4) is 22.6 Å². The van der Waals surface area contributed by atoms with E-state index in [1.165, 1.54) is 25.1 Å². The van der Waals surface area contributed by atoms with Crippen LogP contribution in [-0.2, 0) is 26.9 Å². The van der Waals surface area contributed by atoms with Gasteiger partial charge in [-0.2, -0.15) is 13.2 Å². The van der Waals surface area contributed by atoms with Crippen LogP contribution in [0, 0.1) is 32.4 Å². The molecule has 1 amide bonds. The highest BCUT2D eigenvalue weighted by molar-refractivity contribution is 5.85. The SMILES string of the molecule is CCOC(=O)C[C@@H]1NC(=O)[C@H](n2cc(CCN3CC(F)C3)c(C(F)(F)F)cc2=O)c2cc(ccc2F)Oc2cc(C)cc(C)c2-c2cc(C)c(F)c1c2. The van der Waals surface area contributed by atoms with Gasteiger partial charge in [-0.3, -0.25) is 23.9 Å². The van der Waals surface area contributed by atoms with Gasteiger partial charge < -0.3 is 14.8 Å². The summed E-state index contributed by atoms with van der Waals surface area (Å²) in [5, 5.41) is 2.60. The van der Waals surface area contributed by atoms with Crippen LogP contribution >= 0.6 is 0 Å². The van der Waals surface area contributed by atoms with Crippen molar-refractivity contribution in [2.45, 2.75) is 65.0 Å². The van der Waals surface area contributed by atoms with Crippen molar-refractivity contribution < 1.29 is 45.4 Å². The molecule has 14 heteroatoms. The molecule has 6 rings (SSSR count). The van der Waals surface area contributed by atoms with Crippen LogP contribution in [0.15, 0.2) is 59.5 Å². The zero-order valence-corrected chi connectivity index (χ0v) is 29.4. The largest absolute Gasteiger partial charge is 0.466 e. The summed E-state index contributed by atoms with van der Waals surface area (Å²) >= 11 is 0. The molecule has 0 spiro atoms. The predicted octanol–water partition coefficient (Wildman–Crippen LogP) is 7.44. The molecule has 0 unspecified atom stereocenters. The minimum atomic E-state index is -4.97. The smallest absolute Gasteiger partial charge is 0.416 e. The van der Waals surface area contributed by atoms with Gasteiger partial charge in [0, 0.05) is 48.6 Å². The van der Waals surface area contributed by atoms with Gasteiger partial charge in [0.25, 0.3) is 5.56 Å². The Kier molecular flexibility index (Phi) is 10.5. The molecule has 2 aliphatic rings. The Morgan fingerprint density at radius 2 is 1.72 bits per heavy atom. The molecule has 2 aliphatic heterocycles. The van der Waals surface area contributed by atoms with E-state index in [0.717, 1.165) is 23.4 Å². The Labute approximate surface area is 301 Å². The van der Waals surface area contributed by atoms with Crippen molar-refractivity contribution in [1.82, 2.24) is 14.8 Å². The standard InChI is InChI=1S/C39H37F6N3O5/c1-5-52-34(50)16-31-28-13-24(12-22(4)36(28)42)35-21(3)10-20(2)11-32(35)53-26-6-7-30(41)27(14-26)37(38(51)46-31)48-17-23(8-9-47-18-25(40)19-47)29(15-33(48)49)39(43,44)45/h6-7,10-15,17,25,31,37H,5,8-9,16,18-19H2,1-4H3,(H,46,51)/t31-,37+/m0/s1. The molecule has 4 aromatic rings. The minimum absolute atomic E-state index is 0.0189. The Balaban J connectivity index is 1.59. The fourth-order valence-electron chi connectivity index (χ4n) is 7.01. The maximum Gasteiger partial charge on any atom is 0.416 e. The number of hydrogen-bond donors (Lipinski definition) is 1. The van der Waals surface area contributed by atoms with Gasteiger partial charge in [-0.1, -0.05) is 6.07 Å². The van der Waals surface area contributed by atoms with E-state index in [9.17, 15) is 31.9 Å². The van der Waals surface area contributed by atoms with Crippen LogP contribution in [0.1, 0.15) is 64.4 Å². The third kappa shape index (κ3) is 7.82. The van der Waals surface area contributed by atoms with Crippen LogP contribution in [0.25, 0.3) is 11.1 Å². The van der Waals surface area contributed by atoms with Gasteiger partial charge in [-0.25, -0.2) is 13.2 Å². The third-order valence-electron chi connectivity index (χ3n) is 9.48. The van der Waals surface area contributed by atoms with Gasteiger partial charge in [-0.05, 0) is 98.3 Å². The van der Waals surface area contributed by atoms with Crippen molar-refractivity contribution in [2.24, 2.45) is 0 Å². The second-order valence-electron chi connectivity index (χ2n) is 13.5. The van der Waals surface area contributed by atoms with Crippen molar-refractivity contribution in [3.05, 3.63) is 116 Å². The summed E-state index contributed by atoms with van der Waals surface area (Å²) in [6, 6.07) is 7.05. The van der Waals surface area contributed by atoms with E-state index in [2.05, 4.69) is 5.32 Å². The maximum atomic E-state index is 16.1. The van der Waals surface area contributed by atoms with E-state index in [1.54, 1.807) is 24.0 Å². The van der Waals surface area contributed by atoms with Crippen LogP contribution in [-0.4, -0.2) is 53.8 Å². The molecule has 1 N–H and O–H groups in total. The van der Waals surface area contributed by atoms with Gasteiger partial charge in [0.1, 0.15) is 35.3 Å². The van der Waals surface area contributed by atoms with E-state index in [1.807, 2.05) is 19.9 Å². The minimum Gasteiger partial charge on any atom is -0.466 e. The molecule has 53 heavy (non-hydrogen) atoms. The molecule has 1 saturated heterocycles. The van der Waals surface area contributed by atoms with Gasteiger partial charge in [-0.15, -0.1) is 0 Å². The summed E-state index contributed by atoms with van der Waals surface area (Å²) in [5.41, 5.74) is -0.770. The lowest BCUT2D eigenvalue weighted by atomic mass is 9.91. The number of fused-ring (bicyclic) bond motifs is 6. The molecule has 4 bridgehead atoms. The molecule has 3 heterocycles. The number of hydrogen-bond acceptors (Lipinski definition) is 6. The molecular weight excluding hydrogens is 704 g/mol. The summed E-state index contributed by atoms with van der Waals surface area (Å²) in [5.74, 6) is -3.36. The molecular formula is C39H37F6N3O5. The number of halogens is 6. The number of alkyl halides is 4. The highest BCUT2D eigenvalue weighted by Crippen LogP contribution is 2.41. The molecule has 1 aromatic heterocycles. The first-order valence-corrected chi connectivity index (χ1v) is 17.1. The number of likely N-dealkylation sites (tertiary alicyclic amines) is 1. The number of aryl methyl sites for hydroxylation is 3. The molecule has 3 aromatic carbocycles. The number of rotatable bonds is 7. The van der Waals surface area contributed by atoms with Crippen LogP contribution in [0.5, 0.6) is 11.5 Å². The fourth-order valence-corrected chi connectivity index (χ4v) is 7.01. The quantitative estimate of drug-likeness (QED) is 0.157. The fraction of sp³-hybridized carbons (Fsp3) is 0.359. The zero-order chi connectivity index (χ0) is 38.4. The van der Waals surface area contributed by atoms with E-state index in [0.29, 0.717) is 27.5 Å². The van der Waals surface area contributed by atoms with Crippen LogP contribution in [0.3, 0.4) is 0 Å². The van der Waals surface area contributed by atoms with E-state index < -0.39 is 71.0 Å². The van der Waals surface area contributed by atoms with E-state index in [-0.39, 0.29) is 55.1 Å². The molecule has 280 valence electrons. The van der Waals surface area contributed by atoms with Crippen molar-refractivity contribution in [2.75, 3.05) is 26.2 Å². The lowest BCUT2D eigenvalue weighted by Crippen LogP contribution is -2.49. The van der Waals surface area contributed by atoms with Gasteiger partial charge in [0.15, 0.2) is 0 Å². The maximum absolute atomic E-state index is 16.1. The van der Waals surface area contributed by atoms with Crippen LogP contribution in [0.4, 0.5) is 26.3 Å². The average Bonchev–Trinajstić information content (AvgIpc) is 3.05. The number of carbonyl (C=O) groups is 2. The third-order valence-corrected chi connectivity index (χ3v) is 9.48. The monoisotopic (exact) mass is 741 g/mol. The highest BCUT2D eigenvalue weighted by atomic mass is 19.4. The normalized spacial score (nSPS) is 17.7. The molecule has 2 atom stereocenters. The summed E-state index contributed by atoms with van der Waals surface area (Å²) in [7, 11) is 0. The average molecular weight is 742 g/mol. The number of carbonyl (C=O) groups excluding carboxylic acids is 2. The Bertz CT molecular complexity index is 2140. The first-order chi connectivity index (χ1) is 25.0. The van der Waals surface area contributed by atoms with Gasteiger partial charge >= 0.3 is 12.1 Å². The van der Waals surface area contributed by atoms with Crippen molar-refractivity contribution >= 4 is 11.9 Å². The van der Waals surface area contributed by atoms with E-state index in [4.69, 9.17) is 9.47 Å². The number of pyridine rings is 1. The van der Waals surface area contributed by atoms with Crippen LogP contribution in [0.2, 0.25) is 0 Å². The highest BCUT2D eigenvalue weighted by Gasteiger charge is 2.38. The zero-order valence-electron chi connectivity index (χ0n) is 29.4. The Morgan fingerprint density at radius 3 is 2.40 bits per heavy atom. The predicted molar refractivity (Wildman–Crippen MR) is 184 cm³/mol. The lowest BCUT2D eigenvalue weighted by molar-refractivity contribution is -0.144. The summed E-state index contributed by atoms with van der Waals surface area (Å²) in [4.78, 5) is 42.7. The summed E-state index contributed by atoms with van der Waals surface area (Å²) in [6.45, 7) is 6.77. The molecule has 0 saturated carbocycles. The molecule has 1 fully saturated rings. The number of ether oxygens (including phenoxy) is 2. The molecule has 0 radical (unpaired) electrons. The number of benzene rings is 3. The number of nitrogens with zero attached hydrogens (tertiary/aromatic N) is 2. The van der Waals surface area contributed by atoms with Gasteiger partial charge in [0.2, 0.25) is 5.91 Å². The van der Waals surface area contributed by atoms with Crippen molar-refractivity contribution in [1.29, 1.82) is 0 Å².